The first-order valence-electron chi connectivity index (χ1n) is 6.05. The van der Waals surface area contributed by atoms with Gasteiger partial charge in [0, 0.05) is 11.5 Å². The first-order valence-corrected chi connectivity index (χ1v) is 6.05. The van der Waals surface area contributed by atoms with E-state index >= 15 is 0 Å². The molecule has 1 aromatic heterocycles. The van der Waals surface area contributed by atoms with Gasteiger partial charge in [-0.15, -0.1) is 5.10 Å². The summed E-state index contributed by atoms with van der Waals surface area (Å²) in [6.45, 7) is 2.77. The van der Waals surface area contributed by atoms with E-state index in [9.17, 15) is 0 Å². The monoisotopic (exact) mass is 244 g/mol. The Labute approximate surface area is 105 Å². The van der Waals surface area contributed by atoms with E-state index in [1.165, 1.54) is 5.56 Å². The third-order valence-corrected chi connectivity index (χ3v) is 3.56. The van der Waals surface area contributed by atoms with Crippen molar-refractivity contribution in [3.05, 3.63) is 41.8 Å². The molecule has 94 valence electrons. The topological polar surface area (TPSA) is 77.0 Å². The Balaban J connectivity index is 1.61. The lowest BCUT2D eigenvalue weighted by molar-refractivity contribution is 0.438. The minimum atomic E-state index is 0.116. The average molecular weight is 244 g/mol. The van der Waals surface area contributed by atoms with E-state index in [0.717, 1.165) is 6.42 Å². The first kappa shape index (κ1) is 11.2. The van der Waals surface area contributed by atoms with E-state index in [1.54, 1.807) is 0 Å². The fraction of sp³-hybridized carbons (Fsp3) is 0.385. The predicted octanol–water partition coefficient (Wildman–Crippen LogP) is 1.69. The highest BCUT2D eigenvalue weighted by atomic mass is 16.4. The van der Waals surface area contributed by atoms with Crippen molar-refractivity contribution in [2.24, 2.45) is 0 Å². The Morgan fingerprint density at radius 1 is 1.39 bits per heavy atom. The molecule has 5 heteroatoms. The van der Waals surface area contributed by atoms with Crippen molar-refractivity contribution in [1.82, 2.24) is 15.5 Å². The summed E-state index contributed by atoms with van der Waals surface area (Å²) >= 11 is 0. The fourth-order valence-corrected chi connectivity index (χ4v) is 2.35. The highest BCUT2D eigenvalue weighted by molar-refractivity contribution is 5.32. The average Bonchev–Trinajstić information content (AvgIpc) is 2.88. The maximum Gasteiger partial charge on any atom is 0.312 e. The summed E-state index contributed by atoms with van der Waals surface area (Å²) < 4.78 is 5.14. The molecule has 3 rings (SSSR count). The molecule has 0 saturated heterocycles. The van der Waals surface area contributed by atoms with Crippen molar-refractivity contribution < 1.29 is 4.42 Å². The third kappa shape index (κ3) is 2.09. The van der Waals surface area contributed by atoms with Crippen LogP contribution in [0.3, 0.4) is 0 Å². The summed E-state index contributed by atoms with van der Waals surface area (Å²) in [6, 6.07) is 10.6. The van der Waals surface area contributed by atoms with Gasteiger partial charge in [-0.1, -0.05) is 35.4 Å². The van der Waals surface area contributed by atoms with Gasteiger partial charge in [-0.05, 0) is 18.9 Å². The fourth-order valence-electron chi connectivity index (χ4n) is 2.35. The molecule has 1 aliphatic carbocycles. The minimum Gasteiger partial charge on any atom is -0.407 e. The summed E-state index contributed by atoms with van der Waals surface area (Å²) in [6.07, 6.45) is 1.13. The van der Waals surface area contributed by atoms with Crippen molar-refractivity contribution in [3.8, 4) is 0 Å². The second-order valence-corrected chi connectivity index (χ2v) is 4.97. The van der Waals surface area contributed by atoms with Crippen LogP contribution in [0.2, 0.25) is 0 Å². The zero-order chi connectivity index (χ0) is 12.6. The highest BCUT2D eigenvalue weighted by Gasteiger charge is 2.50. The first-order chi connectivity index (χ1) is 8.67. The Kier molecular flexibility index (Phi) is 2.56. The van der Waals surface area contributed by atoms with Crippen LogP contribution in [0, 0.1) is 0 Å². The normalized spacial score (nSPS) is 26.2. The van der Waals surface area contributed by atoms with Gasteiger partial charge >= 0.3 is 6.01 Å². The van der Waals surface area contributed by atoms with Crippen LogP contribution in [-0.4, -0.2) is 15.7 Å². The number of hydrogen-bond acceptors (Lipinski definition) is 5. The maximum absolute atomic E-state index is 5.38. The lowest BCUT2D eigenvalue weighted by Crippen LogP contribution is -2.29. The van der Waals surface area contributed by atoms with Gasteiger partial charge in [-0.2, -0.15) is 0 Å². The molecule has 0 radical (unpaired) electrons. The van der Waals surface area contributed by atoms with E-state index in [1.807, 2.05) is 6.07 Å². The van der Waals surface area contributed by atoms with Gasteiger partial charge in [0.15, 0.2) is 0 Å². The lowest BCUT2D eigenvalue weighted by Gasteiger charge is -2.12. The van der Waals surface area contributed by atoms with Gasteiger partial charge in [-0.3, -0.25) is 0 Å². The number of hydrogen-bond donors (Lipinski definition) is 2. The van der Waals surface area contributed by atoms with Crippen molar-refractivity contribution in [3.63, 3.8) is 0 Å². The zero-order valence-corrected chi connectivity index (χ0v) is 10.3. The van der Waals surface area contributed by atoms with Crippen LogP contribution in [0.15, 0.2) is 34.7 Å². The molecule has 2 aromatic rings. The van der Waals surface area contributed by atoms with Crippen LogP contribution in [-0.2, 0) is 6.54 Å². The quantitative estimate of drug-likeness (QED) is 0.855. The van der Waals surface area contributed by atoms with E-state index in [4.69, 9.17) is 10.2 Å². The lowest BCUT2D eigenvalue weighted by atomic mass is 10.1. The van der Waals surface area contributed by atoms with Gasteiger partial charge in [0.1, 0.15) is 0 Å². The number of nitrogens with one attached hydrogen (secondary N) is 1. The molecule has 0 bridgehead atoms. The number of benzene rings is 1. The molecule has 1 aromatic carbocycles. The number of nitrogens with two attached hydrogens (primary N) is 1. The van der Waals surface area contributed by atoms with Gasteiger partial charge in [0.05, 0.1) is 6.54 Å². The van der Waals surface area contributed by atoms with E-state index in [0.29, 0.717) is 18.4 Å². The smallest absolute Gasteiger partial charge is 0.312 e. The largest absolute Gasteiger partial charge is 0.407 e. The standard InChI is InChI=1S/C13H16N4O/c1-13(15-8-11-16-17-12(14)18-11)7-10(13)9-5-3-2-4-6-9/h2-6,10,15H,7-8H2,1H3,(H2,14,17)/t10-,13+/m0/s1. The predicted molar refractivity (Wildman–Crippen MR) is 67.8 cm³/mol. The molecule has 1 heterocycles. The van der Waals surface area contributed by atoms with E-state index in [2.05, 4.69) is 46.7 Å². The van der Waals surface area contributed by atoms with Crippen LogP contribution in [0.5, 0.6) is 0 Å². The molecule has 1 fully saturated rings. The number of aromatic nitrogens is 2. The Bertz CT molecular complexity index is 539. The van der Waals surface area contributed by atoms with Crippen molar-refractivity contribution in [2.45, 2.75) is 31.3 Å². The molecular formula is C13H16N4O. The number of rotatable bonds is 4. The van der Waals surface area contributed by atoms with Crippen molar-refractivity contribution in [2.75, 3.05) is 5.73 Å². The SMILES string of the molecule is C[C@@]1(NCc2nnc(N)o2)C[C@H]1c1ccccc1. The number of nitrogens with zero attached hydrogens (tertiary/aromatic N) is 2. The molecule has 0 unspecified atom stereocenters. The van der Waals surface area contributed by atoms with Gasteiger partial charge in [-0.25, -0.2) is 0 Å². The second-order valence-electron chi connectivity index (χ2n) is 4.97. The van der Waals surface area contributed by atoms with Gasteiger partial charge < -0.3 is 15.5 Å². The molecule has 3 N–H and O–H groups in total. The van der Waals surface area contributed by atoms with E-state index < -0.39 is 0 Å². The minimum absolute atomic E-state index is 0.116. The molecule has 0 amide bonds. The Hall–Kier alpha value is -1.88. The Morgan fingerprint density at radius 2 is 2.17 bits per heavy atom. The second kappa shape index (κ2) is 4.10. The van der Waals surface area contributed by atoms with Crippen molar-refractivity contribution >= 4 is 6.01 Å². The summed E-state index contributed by atoms with van der Waals surface area (Å²) in [7, 11) is 0. The molecule has 5 nitrogen and oxygen atoms in total. The van der Waals surface area contributed by atoms with Crippen molar-refractivity contribution in [1.29, 1.82) is 0 Å². The summed E-state index contributed by atoms with van der Waals surface area (Å²) in [5.41, 5.74) is 6.87. The number of nitrogen functional groups attached to an aromatic ring is 1. The summed E-state index contributed by atoms with van der Waals surface area (Å²) in [5, 5.41) is 10.9. The van der Waals surface area contributed by atoms with Crippen LogP contribution >= 0.6 is 0 Å². The van der Waals surface area contributed by atoms with Gasteiger partial charge in [0.2, 0.25) is 5.89 Å². The molecule has 2 atom stereocenters. The van der Waals surface area contributed by atoms with E-state index in [-0.39, 0.29) is 11.6 Å². The maximum atomic E-state index is 5.38. The molecule has 0 spiro atoms. The van der Waals surface area contributed by atoms with Crippen LogP contribution < -0.4 is 11.1 Å². The zero-order valence-electron chi connectivity index (χ0n) is 10.3. The number of anilines is 1. The summed E-state index contributed by atoms with van der Waals surface area (Å²) in [4.78, 5) is 0. The van der Waals surface area contributed by atoms with Crippen LogP contribution in [0.4, 0.5) is 6.01 Å². The molecule has 0 aliphatic heterocycles. The molecule has 1 saturated carbocycles. The molecule has 18 heavy (non-hydrogen) atoms. The molecule has 1 aliphatic rings. The van der Waals surface area contributed by atoms with Crippen LogP contribution in [0.1, 0.15) is 30.7 Å². The third-order valence-electron chi connectivity index (χ3n) is 3.56. The van der Waals surface area contributed by atoms with Gasteiger partial charge in [0.25, 0.3) is 0 Å². The summed E-state index contributed by atoms with van der Waals surface area (Å²) in [5.74, 6) is 1.09. The highest BCUT2D eigenvalue weighted by Crippen LogP contribution is 2.51. The van der Waals surface area contributed by atoms with Crippen LogP contribution in [0.25, 0.3) is 0 Å². The molecular weight excluding hydrogens is 228 g/mol. The Morgan fingerprint density at radius 3 is 2.83 bits per heavy atom.